The van der Waals surface area contributed by atoms with Gasteiger partial charge in [0.1, 0.15) is 5.56 Å². The van der Waals surface area contributed by atoms with Gasteiger partial charge in [0.25, 0.3) is 5.56 Å². The maximum Gasteiger partial charge on any atom is 0.267 e. The van der Waals surface area contributed by atoms with Crippen LogP contribution in [-0.2, 0) is 0 Å². The lowest BCUT2D eigenvalue weighted by molar-refractivity contribution is 0.933. The van der Waals surface area contributed by atoms with E-state index in [0.717, 1.165) is 0 Å². The molecule has 0 unspecified atom stereocenters. The van der Waals surface area contributed by atoms with E-state index in [-0.39, 0.29) is 11.1 Å². The van der Waals surface area contributed by atoms with Crippen molar-refractivity contribution in [1.29, 1.82) is 5.26 Å². The van der Waals surface area contributed by atoms with Gasteiger partial charge in [-0.3, -0.25) is 4.79 Å². The third-order valence-corrected chi connectivity index (χ3v) is 1.82. The van der Waals surface area contributed by atoms with Gasteiger partial charge in [0.2, 0.25) is 0 Å². The van der Waals surface area contributed by atoms with Crippen LogP contribution >= 0.6 is 11.8 Å². The average molecular weight is 191 g/mol. The number of nitrogens with zero attached hydrogens (tertiary/aromatic N) is 2. The first-order chi connectivity index (χ1) is 6.27. The molecule has 0 saturated carbocycles. The van der Waals surface area contributed by atoms with Gasteiger partial charge in [0.15, 0.2) is 11.2 Å². The predicted octanol–water partition coefficient (Wildman–Crippen LogP) is 0.367. The molecule has 0 amide bonds. The van der Waals surface area contributed by atoms with Crippen LogP contribution in [0.4, 0.5) is 0 Å². The van der Waals surface area contributed by atoms with Crippen LogP contribution in [0.15, 0.2) is 16.1 Å². The summed E-state index contributed by atoms with van der Waals surface area (Å²) in [5.41, 5.74) is -0.110. The van der Waals surface area contributed by atoms with E-state index in [1.54, 1.807) is 12.3 Å². The second-order valence-corrected chi connectivity index (χ2v) is 2.79. The molecule has 5 heteroatoms. The fourth-order valence-electron chi connectivity index (χ4n) is 0.667. The summed E-state index contributed by atoms with van der Waals surface area (Å²) >= 11 is 1.34. The molecule has 0 aliphatic rings. The van der Waals surface area contributed by atoms with Crippen molar-refractivity contribution >= 4 is 11.8 Å². The Bertz CT molecular complexity index is 461. The van der Waals surface area contributed by atoms with Crippen LogP contribution in [0.3, 0.4) is 0 Å². The van der Waals surface area contributed by atoms with Crippen molar-refractivity contribution in [3.05, 3.63) is 22.1 Å². The maximum atomic E-state index is 11.2. The van der Waals surface area contributed by atoms with E-state index in [1.165, 1.54) is 18.0 Å². The van der Waals surface area contributed by atoms with Crippen molar-refractivity contribution in [1.82, 2.24) is 9.97 Å². The van der Waals surface area contributed by atoms with Gasteiger partial charge < -0.3 is 4.98 Å². The Kier molecular flexibility index (Phi) is 3.13. The van der Waals surface area contributed by atoms with Gasteiger partial charge in [-0.1, -0.05) is 11.8 Å². The smallest absolute Gasteiger partial charge is 0.267 e. The number of thioether (sulfide) groups is 1. The molecule has 64 valence electrons. The van der Waals surface area contributed by atoms with Gasteiger partial charge >= 0.3 is 0 Å². The summed E-state index contributed by atoms with van der Waals surface area (Å²) in [7, 11) is 0. The Balaban J connectivity index is 3.15. The maximum absolute atomic E-state index is 11.2. The molecule has 1 rings (SSSR count). The Morgan fingerprint density at radius 3 is 3.00 bits per heavy atom. The lowest BCUT2D eigenvalue weighted by Gasteiger charge is -1.93. The Labute approximate surface area is 79.0 Å². The minimum Gasteiger partial charge on any atom is -0.300 e. The lowest BCUT2D eigenvalue weighted by Crippen LogP contribution is -2.11. The van der Waals surface area contributed by atoms with Crippen molar-refractivity contribution in [3.8, 4) is 17.9 Å². The highest BCUT2D eigenvalue weighted by Gasteiger charge is 1.97. The van der Waals surface area contributed by atoms with Crippen molar-refractivity contribution in [2.24, 2.45) is 0 Å². The Morgan fingerprint density at radius 2 is 2.46 bits per heavy atom. The van der Waals surface area contributed by atoms with Crippen molar-refractivity contribution in [3.63, 3.8) is 0 Å². The molecule has 13 heavy (non-hydrogen) atoms. The molecule has 0 spiro atoms. The SMILES string of the molecule is CSc1ncc(C#CC#N)c(=O)[nH]1. The average Bonchev–Trinajstić information content (AvgIpc) is 2.16. The topological polar surface area (TPSA) is 69.5 Å². The normalized spacial score (nSPS) is 8.31. The van der Waals surface area contributed by atoms with Crippen LogP contribution in [0.2, 0.25) is 0 Å². The fraction of sp³-hybridized carbons (Fsp3) is 0.125. The largest absolute Gasteiger partial charge is 0.300 e. The molecular weight excluding hydrogens is 186 g/mol. The van der Waals surface area contributed by atoms with E-state index in [2.05, 4.69) is 21.8 Å². The van der Waals surface area contributed by atoms with Gasteiger partial charge in [0, 0.05) is 5.92 Å². The van der Waals surface area contributed by atoms with Gasteiger partial charge in [-0.15, -0.1) is 0 Å². The number of aromatic amines is 1. The molecule has 0 fully saturated rings. The van der Waals surface area contributed by atoms with Gasteiger partial charge in [-0.05, 0) is 12.2 Å². The zero-order valence-corrected chi connectivity index (χ0v) is 7.60. The van der Waals surface area contributed by atoms with Crippen molar-refractivity contribution in [2.75, 3.05) is 6.26 Å². The van der Waals surface area contributed by atoms with Crippen molar-refractivity contribution in [2.45, 2.75) is 5.16 Å². The summed E-state index contributed by atoms with van der Waals surface area (Å²) in [6.45, 7) is 0. The van der Waals surface area contributed by atoms with E-state index in [9.17, 15) is 4.79 Å². The molecule has 0 bridgehead atoms. The van der Waals surface area contributed by atoms with Crippen LogP contribution < -0.4 is 5.56 Å². The molecule has 0 aliphatic carbocycles. The zero-order valence-electron chi connectivity index (χ0n) is 6.79. The minimum atomic E-state index is -0.317. The second kappa shape index (κ2) is 4.34. The summed E-state index contributed by atoms with van der Waals surface area (Å²) in [5.74, 6) is 4.52. The number of hydrogen-bond acceptors (Lipinski definition) is 4. The third kappa shape index (κ3) is 2.36. The van der Waals surface area contributed by atoms with E-state index < -0.39 is 0 Å². The van der Waals surface area contributed by atoms with Crippen LogP contribution in [0.5, 0.6) is 0 Å². The number of aromatic nitrogens is 2. The first-order valence-corrected chi connectivity index (χ1v) is 4.54. The molecule has 0 aromatic carbocycles. The predicted molar refractivity (Wildman–Crippen MR) is 49.1 cm³/mol. The molecule has 1 aromatic rings. The minimum absolute atomic E-state index is 0.208. The summed E-state index contributed by atoms with van der Waals surface area (Å²) in [4.78, 5) is 17.6. The van der Waals surface area contributed by atoms with E-state index in [4.69, 9.17) is 5.26 Å². The second-order valence-electron chi connectivity index (χ2n) is 2.00. The summed E-state index contributed by atoms with van der Waals surface area (Å²) < 4.78 is 0. The van der Waals surface area contributed by atoms with Crippen LogP contribution in [-0.4, -0.2) is 16.2 Å². The first kappa shape index (κ1) is 9.37. The van der Waals surface area contributed by atoms with Gasteiger partial charge in [0.05, 0.1) is 6.20 Å². The summed E-state index contributed by atoms with van der Waals surface area (Å²) in [5, 5.41) is 8.69. The number of H-pyrrole nitrogens is 1. The molecule has 0 saturated heterocycles. The number of rotatable bonds is 1. The lowest BCUT2D eigenvalue weighted by atomic mass is 10.3. The van der Waals surface area contributed by atoms with E-state index in [1.807, 2.05) is 0 Å². The molecule has 1 heterocycles. The van der Waals surface area contributed by atoms with Crippen LogP contribution in [0.25, 0.3) is 0 Å². The highest BCUT2D eigenvalue weighted by atomic mass is 32.2. The Morgan fingerprint density at radius 1 is 1.69 bits per heavy atom. The van der Waals surface area contributed by atoms with E-state index >= 15 is 0 Å². The molecule has 0 radical (unpaired) electrons. The summed E-state index contributed by atoms with van der Waals surface area (Å²) in [6.07, 6.45) is 3.16. The summed E-state index contributed by atoms with van der Waals surface area (Å²) in [6, 6.07) is 1.63. The first-order valence-electron chi connectivity index (χ1n) is 3.31. The molecule has 1 aromatic heterocycles. The molecule has 0 aliphatic heterocycles. The highest BCUT2D eigenvalue weighted by Crippen LogP contribution is 2.03. The van der Waals surface area contributed by atoms with Gasteiger partial charge in [-0.25, -0.2) is 4.98 Å². The molecule has 0 atom stereocenters. The third-order valence-electron chi connectivity index (χ3n) is 1.22. The van der Waals surface area contributed by atoms with Crippen molar-refractivity contribution < 1.29 is 0 Å². The van der Waals surface area contributed by atoms with E-state index in [0.29, 0.717) is 5.16 Å². The number of hydrogen-bond donors (Lipinski definition) is 1. The van der Waals surface area contributed by atoms with Gasteiger partial charge in [-0.2, -0.15) is 5.26 Å². The molecule has 1 N–H and O–H groups in total. The quantitative estimate of drug-likeness (QED) is 0.395. The standard InChI is InChI=1S/C8H5N3OS/c1-13-8-10-5-6(3-2-4-9)7(12)11-8/h5H,1H3,(H,10,11,12). The number of nitriles is 1. The fourth-order valence-corrected chi connectivity index (χ4v) is 1.02. The zero-order chi connectivity index (χ0) is 9.68. The van der Waals surface area contributed by atoms with Crippen LogP contribution in [0.1, 0.15) is 5.56 Å². The molecule has 4 nitrogen and oxygen atoms in total. The number of nitrogens with one attached hydrogen (secondary N) is 1. The monoisotopic (exact) mass is 191 g/mol. The van der Waals surface area contributed by atoms with Crippen LogP contribution in [0, 0.1) is 23.2 Å². The Hall–Kier alpha value is -1.72. The molecular formula is C8H5N3OS. The highest BCUT2D eigenvalue weighted by molar-refractivity contribution is 7.98.